The van der Waals surface area contributed by atoms with Crippen LogP contribution in [-0.4, -0.2) is 31.2 Å². The molecule has 17 heavy (non-hydrogen) atoms. The van der Waals surface area contributed by atoms with Gasteiger partial charge in [-0.1, -0.05) is 6.07 Å². The number of carbonyl (C=O) groups is 1. The second-order valence-corrected chi connectivity index (χ2v) is 3.75. The van der Waals surface area contributed by atoms with E-state index in [9.17, 15) is 4.79 Å². The van der Waals surface area contributed by atoms with Crippen LogP contribution in [0.3, 0.4) is 0 Å². The zero-order valence-corrected chi connectivity index (χ0v) is 10.2. The number of esters is 1. The Bertz CT molecular complexity index is 369. The molecule has 0 bridgehead atoms. The van der Waals surface area contributed by atoms with E-state index in [1.807, 2.05) is 12.1 Å². The molecule has 1 aromatic rings. The molecule has 0 amide bonds. The number of nitrogens with zero attached hydrogens (tertiary/aromatic N) is 1. The summed E-state index contributed by atoms with van der Waals surface area (Å²) in [5.41, 5.74) is 6.77. The Morgan fingerprint density at radius 1 is 1.47 bits per heavy atom. The van der Waals surface area contributed by atoms with E-state index in [0.29, 0.717) is 25.1 Å². The van der Waals surface area contributed by atoms with E-state index in [0.717, 1.165) is 5.69 Å². The highest BCUT2D eigenvalue weighted by molar-refractivity contribution is 5.69. The molecule has 1 unspecified atom stereocenters. The fourth-order valence-corrected chi connectivity index (χ4v) is 1.46. The molecule has 0 saturated carbocycles. The van der Waals surface area contributed by atoms with Gasteiger partial charge >= 0.3 is 5.97 Å². The lowest BCUT2D eigenvalue weighted by molar-refractivity contribution is -0.140. The van der Waals surface area contributed by atoms with Gasteiger partial charge in [0.05, 0.1) is 14.2 Å². The minimum Gasteiger partial charge on any atom is -0.481 e. The summed E-state index contributed by atoms with van der Waals surface area (Å²) in [4.78, 5) is 15.2. The third-order valence-electron chi connectivity index (χ3n) is 2.41. The van der Waals surface area contributed by atoms with Crippen molar-refractivity contribution >= 4 is 5.97 Å². The van der Waals surface area contributed by atoms with Gasteiger partial charge in [-0.05, 0) is 12.5 Å². The summed E-state index contributed by atoms with van der Waals surface area (Å²) >= 11 is 0. The third kappa shape index (κ3) is 4.82. The molecule has 0 aliphatic heterocycles. The van der Waals surface area contributed by atoms with E-state index in [2.05, 4.69) is 9.72 Å². The molecule has 5 heteroatoms. The Kier molecular flexibility index (Phi) is 5.42. The number of rotatable bonds is 6. The number of pyridine rings is 1. The zero-order valence-electron chi connectivity index (χ0n) is 10.2. The molecule has 1 atom stereocenters. The van der Waals surface area contributed by atoms with Gasteiger partial charge in [0.1, 0.15) is 0 Å². The number of hydrogen-bond acceptors (Lipinski definition) is 5. The lowest BCUT2D eigenvalue weighted by atomic mass is 10.1. The molecule has 1 aromatic heterocycles. The summed E-state index contributed by atoms with van der Waals surface area (Å²) in [7, 11) is 2.95. The van der Waals surface area contributed by atoms with Crippen molar-refractivity contribution in [1.29, 1.82) is 0 Å². The van der Waals surface area contributed by atoms with Crippen LogP contribution in [0.15, 0.2) is 18.2 Å². The summed E-state index contributed by atoms with van der Waals surface area (Å²) < 4.78 is 9.58. The van der Waals surface area contributed by atoms with Crippen molar-refractivity contribution in [1.82, 2.24) is 4.98 Å². The number of methoxy groups -OCH3 is 2. The van der Waals surface area contributed by atoms with Gasteiger partial charge in [0.2, 0.25) is 5.88 Å². The van der Waals surface area contributed by atoms with E-state index in [1.54, 1.807) is 13.2 Å². The van der Waals surface area contributed by atoms with E-state index >= 15 is 0 Å². The van der Waals surface area contributed by atoms with Crippen molar-refractivity contribution in [3.05, 3.63) is 23.9 Å². The van der Waals surface area contributed by atoms with Crippen LogP contribution in [0.1, 0.15) is 18.5 Å². The molecule has 0 fully saturated rings. The minimum atomic E-state index is -0.237. The fraction of sp³-hybridized carbons (Fsp3) is 0.500. The Morgan fingerprint density at radius 2 is 2.24 bits per heavy atom. The normalized spacial score (nSPS) is 11.9. The van der Waals surface area contributed by atoms with Gasteiger partial charge in [0.15, 0.2) is 0 Å². The van der Waals surface area contributed by atoms with E-state index in [-0.39, 0.29) is 12.0 Å². The topological polar surface area (TPSA) is 74.4 Å². The SMILES string of the molecule is COC(=O)CCC(N)Cc1cccc(OC)n1. The van der Waals surface area contributed by atoms with Crippen LogP contribution in [0, 0.1) is 0 Å². The highest BCUT2D eigenvalue weighted by Gasteiger charge is 2.09. The number of hydrogen-bond donors (Lipinski definition) is 1. The smallest absolute Gasteiger partial charge is 0.305 e. The number of nitrogens with two attached hydrogens (primary N) is 1. The molecular weight excluding hydrogens is 220 g/mol. The lowest BCUT2D eigenvalue weighted by Gasteiger charge is -2.10. The molecule has 5 nitrogen and oxygen atoms in total. The van der Waals surface area contributed by atoms with Gasteiger partial charge in [0.25, 0.3) is 0 Å². The fourth-order valence-electron chi connectivity index (χ4n) is 1.46. The maximum atomic E-state index is 11.0. The average molecular weight is 238 g/mol. The number of aromatic nitrogens is 1. The van der Waals surface area contributed by atoms with E-state index in [4.69, 9.17) is 10.5 Å². The molecule has 0 aromatic carbocycles. The molecule has 2 N–H and O–H groups in total. The first kappa shape index (κ1) is 13.4. The summed E-state index contributed by atoms with van der Waals surface area (Å²) in [5, 5.41) is 0. The van der Waals surface area contributed by atoms with Gasteiger partial charge in [0, 0.05) is 30.6 Å². The Labute approximate surface area is 101 Å². The summed E-state index contributed by atoms with van der Waals surface area (Å²) in [6.45, 7) is 0. The van der Waals surface area contributed by atoms with Crippen molar-refractivity contribution in [3.8, 4) is 5.88 Å². The zero-order chi connectivity index (χ0) is 12.7. The van der Waals surface area contributed by atoms with Crippen molar-refractivity contribution in [2.24, 2.45) is 5.73 Å². The second kappa shape index (κ2) is 6.85. The first-order valence-corrected chi connectivity index (χ1v) is 5.48. The summed E-state index contributed by atoms with van der Waals surface area (Å²) in [6.07, 6.45) is 1.54. The molecule has 0 aliphatic rings. The van der Waals surface area contributed by atoms with Crippen LogP contribution in [-0.2, 0) is 16.0 Å². The van der Waals surface area contributed by atoms with Gasteiger partial charge in [-0.2, -0.15) is 0 Å². The van der Waals surface area contributed by atoms with Crippen LogP contribution in [0.5, 0.6) is 5.88 Å². The standard InChI is InChI=1S/C12H18N2O3/c1-16-11-5-3-4-10(14-11)8-9(13)6-7-12(15)17-2/h3-5,9H,6-8,13H2,1-2H3. The summed E-state index contributed by atoms with van der Waals surface area (Å²) in [5.74, 6) is 0.335. The van der Waals surface area contributed by atoms with Crippen LogP contribution in [0.2, 0.25) is 0 Å². The molecule has 0 radical (unpaired) electrons. The first-order chi connectivity index (χ1) is 8.15. The number of carbonyl (C=O) groups excluding carboxylic acids is 1. The van der Waals surface area contributed by atoms with Crippen molar-refractivity contribution in [3.63, 3.8) is 0 Å². The first-order valence-electron chi connectivity index (χ1n) is 5.48. The largest absolute Gasteiger partial charge is 0.481 e. The molecule has 94 valence electrons. The Hall–Kier alpha value is -1.62. The maximum Gasteiger partial charge on any atom is 0.305 e. The minimum absolute atomic E-state index is 0.103. The second-order valence-electron chi connectivity index (χ2n) is 3.75. The lowest BCUT2D eigenvalue weighted by Crippen LogP contribution is -2.24. The highest BCUT2D eigenvalue weighted by atomic mass is 16.5. The molecular formula is C12H18N2O3. The Morgan fingerprint density at radius 3 is 2.88 bits per heavy atom. The van der Waals surface area contributed by atoms with E-state index in [1.165, 1.54) is 7.11 Å². The average Bonchev–Trinajstić information content (AvgIpc) is 2.36. The summed E-state index contributed by atoms with van der Waals surface area (Å²) in [6, 6.07) is 5.44. The van der Waals surface area contributed by atoms with Crippen molar-refractivity contribution in [2.75, 3.05) is 14.2 Å². The van der Waals surface area contributed by atoms with Gasteiger partial charge < -0.3 is 15.2 Å². The van der Waals surface area contributed by atoms with Gasteiger partial charge in [-0.3, -0.25) is 4.79 Å². The highest BCUT2D eigenvalue weighted by Crippen LogP contribution is 2.09. The molecule has 0 saturated heterocycles. The van der Waals surface area contributed by atoms with Crippen LogP contribution >= 0.6 is 0 Å². The predicted octanol–water partition coefficient (Wildman–Crippen LogP) is 0.913. The Balaban J connectivity index is 2.44. The molecule has 1 heterocycles. The van der Waals surface area contributed by atoms with Crippen LogP contribution in [0.4, 0.5) is 0 Å². The van der Waals surface area contributed by atoms with Crippen LogP contribution in [0.25, 0.3) is 0 Å². The van der Waals surface area contributed by atoms with Gasteiger partial charge in [-0.15, -0.1) is 0 Å². The maximum absolute atomic E-state index is 11.0. The van der Waals surface area contributed by atoms with Crippen LogP contribution < -0.4 is 10.5 Å². The van der Waals surface area contributed by atoms with Gasteiger partial charge in [-0.25, -0.2) is 4.98 Å². The molecule has 0 spiro atoms. The van der Waals surface area contributed by atoms with Crippen molar-refractivity contribution < 1.29 is 14.3 Å². The molecule has 1 rings (SSSR count). The van der Waals surface area contributed by atoms with E-state index < -0.39 is 0 Å². The third-order valence-corrected chi connectivity index (χ3v) is 2.41. The monoisotopic (exact) mass is 238 g/mol. The molecule has 0 aliphatic carbocycles. The predicted molar refractivity (Wildman–Crippen MR) is 63.7 cm³/mol. The quantitative estimate of drug-likeness (QED) is 0.746. The van der Waals surface area contributed by atoms with Crippen molar-refractivity contribution in [2.45, 2.75) is 25.3 Å². The number of ether oxygens (including phenoxy) is 2.